The minimum atomic E-state index is -0.783. The average molecular weight is 430 g/mol. The third kappa shape index (κ3) is 8.42. The molecule has 162 valence electrons. The lowest BCUT2D eigenvalue weighted by molar-refractivity contribution is -0.144. The summed E-state index contributed by atoms with van der Waals surface area (Å²) in [7, 11) is 3.74. The Hall–Kier alpha value is -2.76. The topological polar surface area (TPSA) is 138 Å². The SMILES string of the molecule is COC(=O)CC(CC(=O)OC)n1cc(NC(=O)N[C@@H](CCSC)C(=O)OC)cn1. The number of nitrogens with one attached hydrogen (secondary N) is 2. The number of esters is 3. The zero-order valence-electron chi connectivity index (χ0n) is 16.8. The van der Waals surface area contributed by atoms with Crippen LogP contribution >= 0.6 is 11.8 Å². The summed E-state index contributed by atoms with van der Waals surface area (Å²) in [6.45, 7) is 0. The van der Waals surface area contributed by atoms with Crippen LogP contribution in [0.25, 0.3) is 0 Å². The maximum Gasteiger partial charge on any atom is 0.328 e. The Kier molecular flexibility index (Phi) is 10.6. The molecule has 0 aliphatic carbocycles. The maximum atomic E-state index is 12.2. The fourth-order valence-electron chi connectivity index (χ4n) is 2.37. The van der Waals surface area contributed by atoms with Crippen LogP contribution in [0.15, 0.2) is 12.4 Å². The lowest BCUT2D eigenvalue weighted by Gasteiger charge is -2.16. The predicted octanol–water partition coefficient (Wildman–Crippen LogP) is 0.967. The molecule has 0 fully saturated rings. The highest BCUT2D eigenvalue weighted by molar-refractivity contribution is 7.98. The van der Waals surface area contributed by atoms with Crippen LogP contribution in [-0.2, 0) is 28.6 Å². The number of nitrogens with zero attached hydrogens (tertiary/aromatic N) is 2. The van der Waals surface area contributed by atoms with E-state index in [1.807, 2.05) is 6.26 Å². The number of amides is 2. The van der Waals surface area contributed by atoms with Crippen molar-refractivity contribution in [2.75, 3.05) is 38.7 Å². The van der Waals surface area contributed by atoms with Gasteiger partial charge >= 0.3 is 23.9 Å². The number of anilines is 1. The van der Waals surface area contributed by atoms with Crippen LogP contribution in [-0.4, -0.2) is 73.1 Å². The first kappa shape index (κ1) is 24.3. The number of aromatic nitrogens is 2. The molecule has 0 unspecified atom stereocenters. The van der Waals surface area contributed by atoms with E-state index in [1.165, 1.54) is 38.4 Å². The Balaban J connectivity index is 2.80. The molecule has 0 saturated carbocycles. The Morgan fingerprint density at radius 1 is 1.10 bits per heavy atom. The van der Waals surface area contributed by atoms with Gasteiger partial charge in [0.05, 0.1) is 52.1 Å². The van der Waals surface area contributed by atoms with Crippen molar-refractivity contribution < 1.29 is 33.4 Å². The molecule has 0 aliphatic heterocycles. The summed E-state index contributed by atoms with van der Waals surface area (Å²) in [5.74, 6) is -0.908. The van der Waals surface area contributed by atoms with Gasteiger partial charge in [0.2, 0.25) is 0 Å². The predicted molar refractivity (Wildman–Crippen MR) is 105 cm³/mol. The second kappa shape index (κ2) is 12.6. The van der Waals surface area contributed by atoms with Gasteiger partial charge in [0.25, 0.3) is 0 Å². The number of hydrogen-bond acceptors (Lipinski definition) is 9. The lowest BCUT2D eigenvalue weighted by Crippen LogP contribution is -2.43. The minimum Gasteiger partial charge on any atom is -0.469 e. The zero-order valence-corrected chi connectivity index (χ0v) is 17.6. The maximum absolute atomic E-state index is 12.2. The molecule has 0 aromatic carbocycles. The van der Waals surface area contributed by atoms with Gasteiger partial charge in [0, 0.05) is 6.20 Å². The largest absolute Gasteiger partial charge is 0.469 e. The molecule has 2 amide bonds. The van der Waals surface area contributed by atoms with Gasteiger partial charge in [-0.1, -0.05) is 0 Å². The van der Waals surface area contributed by atoms with E-state index in [0.717, 1.165) is 0 Å². The summed E-state index contributed by atoms with van der Waals surface area (Å²) in [6, 6.07) is -2.04. The van der Waals surface area contributed by atoms with Gasteiger partial charge in [-0.15, -0.1) is 0 Å². The van der Waals surface area contributed by atoms with E-state index < -0.39 is 36.0 Å². The molecule has 2 N–H and O–H groups in total. The Labute approximate surface area is 172 Å². The standard InChI is InChI=1S/C17H26N4O7S/c1-26-14(22)7-12(8-15(23)27-2)21-10-11(9-18-21)19-17(25)20-13(5-6-29-4)16(24)28-3/h9-10,12-13H,5-8H2,1-4H3,(H2,19,20,25)/t13-/m0/s1. The van der Waals surface area contributed by atoms with Crippen molar-refractivity contribution in [3.8, 4) is 0 Å². The molecule has 1 atom stereocenters. The lowest BCUT2D eigenvalue weighted by atomic mass is 10.1. The van der Waals surface area contributed by atoms with Crippen LogP contribution in [0.3, 0.4) is 0 Å². The number of carbonyl (C=O) groups excluding carboxylic acids is 4. The Morgan fingerprint density at radius 2 is 1.72 bits per heavy atom. The smallest absolute Gasteiger partial charge is 0.328 e. The Morgan fingerprint density at radius 3 is 2.24 bits per heavy atom. The van der Waals surface area contributed by atoms with Crippen molar-refractivity contribution in [1.82, 2.24) is 15.1 Å². The fourth-order valence-corrected chi connectivity index (χ4v) is 2.84. The van der Waals surface area contributed by atoms with Gasteiger partial charge in [-0.25, -0.2) is 9.59 Å². The molecule has 12 heteroatoms. The van der Waals surface area contributed by atoms with Crippen molar-refractivity contribution in [2.24, 2.45) is 0 Å². The molecule has 1 aromatic rings. The molecule has 29 heavy (non-hydrogen) atoms. The summed E-state index contributed by atoms with van der Waals surface area (Å²) >= 11 is 1.54. The van der Waals surface area contributed by atoms with Crippen molar-refractivity contribution >= 4 is 41.4 Å². The second-order valence-corrected chi connectivity index (χ2v) is 6.86. The van der Waals surface area contributed by atoms with Crippen molar-refractivity contribution in [3.63, 3.8) is 0 Å². The monoisotopic (exact) mass is 430 g/mol. The van der Waals surface area contributed by atoms with Crippen LogP contribution in [0, 0.1) is 0 Å². The molecule has 1 heterocycles. The number of methoxy groups -OCH3 is 3. The highest BCUT2D eigenvalue weighted by Crippen LogP contribution is 2.19. The van der Waals surface area contributed by atoms with Crippen LogP contribution in [0.2, 0.25) is 0 Å². The number of thioether (sulfide) groups is 1. The molecule has 0 bridgehead atoms. The van der Waals surface area contributed by atoms with Gasteiger partial charge in [-0.3, -0.25) is 14.3 Å². The molecular formula is C17H26N4O7S. The molecule has 11 nitrogen and oxygen atoms in total. The molecule has 0 spiro atoms. The number of hydrogen-bond donors (Lipinski definition) is 2. The van der Waals surface area contributed by atoms with Crippen molar-refractivity contribution in [2.45, 2.75) is 31.3 Å². The van der Waals surface area contributed by atoms with E-state index >= 15 is 0 Å². The first-order valence-electron chi connectivity index (χ1n) is 8.66. The van der Waals surface area contributed by atoms with Crippen LogP contribution in [0.1, 0.15) is 25.3 Å². The first-order valence-corrected chi connectivity index (χ1v) is 10.1. The van der Waals surface area contributed by atoms with Gasteiger partial charge in [-0.2, -0.15) is 16.9 Å². The van der Waals surface area contributed by atoms with E-state index in [0.29, 0.717) is 17.9 Å². The molecular weight excluding hydrogens is 404 g/mol. The highest BCUT2D eigenvalue weighted by Gasteiger charge is 2.23. The van der Waals surface area contributed by atoms with E-state index in [9.17, 15) is 19.2 Å². The van der Waals surface area contributed by atoms with Gasteiger partial charge in [0.1, 0.15) is 6.04 Å². The molecule has 0 saturated heterocycles. The summed E-state index contributed by atoms with van der Waals surface area (Å²) < 4.78 is 15.3. The quantitative estimate of drug-likeness (QED) is 0.388. The normalized spacial score (nSPS) is 11.5. The summed E-state index contributed by atoms with van der Waals surface area (Å²) in [4.78, 5) is 47.2. The molecule has 1 aromatic heterocycles. The van der Waals surface area contributed by atoms with Gasteiger partial charge in [0.15, 0.2) is 0 Å². The van der Waals surface area contributed by atoms with E-state index in [4.69, 9.17) is 4.74 Å². The van der Waals surface area contributed by atoms with E-state index in [2.05, 4.69) is 25.2 Å². The zero-order chi connectivity index (χ0) is 21.8. The van der Waals surface area contributed by atoms with E-state index in [1.54, 1.807) is 11.8 Å². The summed E-state index contributed by atoms with van der Waals surface area (Å²) in [5.41, 5.74) is 0.315. The number of urea groups is 1. The number of ether oxygens (including phenoxy) is 3. The number of rotatable bonds is 11. The second-order valence-electron chi connectivity index (χ2n) is 5.88. The summed E-state index contributed by atoms with van der Waals surface area (Å²) in [5, 5.41) is 9.19. The number of carbonyl (C=O) groups is 4. The highest BCUT2D eigenvalue weighted by atomic mass is 32.2. The van der Waals surface area contributed by atoms with Crippen LogP contribution in [0.4, 0.5) is 10.5 Å². The van der Waals surface area contributed by atoms with Gasteiger partial charge in [-0.05, 0) is 18.4 Å². The summed E-state index contributed by atoms with van der Waals surface area (Å²) in [6.07, 6.45) is 4.93. The van der Waals surface area contributed by atoms with E-state index in [-0.39, 0.29) is 12.8 Å². The average Bonchev–Trinajstić information content (AvgIpc) is 3.17. The third-order valence-corrected chi connectivity index (χ3v) is 4.54. The first-order chi connectivity index (χ1) is 13.8. The minimum absolute atomic E-state index is 0.0992. The molecule has 0 radical (unpaired) electrons. The Bertz CT molecular complexity index is 692. The third-order valence-electron chi connectivity index (χ3n) is 3.90. The van der Waals surface area contributed by atoms with Crippen molar-refractivity contribution in [1.29, 1.82) is 0 Å². The van der Waals surface area contributed by atoms with Crippen LogP contribution < -0.4 is 10.6 Å². The van der Waals surface area contributed by atoms with Gasteiger partial charge < -0.3 is 24.8 Å². The molecule has 1 rings (SSSR count). The fraction of sp³-hybridized carbons (Fsp3) is 0.588. The van der Waals surface area contributed by atoms with Crippen LogP contribution in [0.5, 0.6) is 0 Å². The van der Waals surface area contributed by atoms with Crippen molar-refractivity contribution in [3.05, 3.63) is 12.4 Å². The molecule has 0 aliphatic rings.